The van der Waals surface area contributed by atoms with Crippen molar-refractivity contribution < 1.29 is 9.59 Å². The Morgan fingerprint density at radius 3 is 2.47 bits per heavy atom. The molecule has 2 amide bonds. The topological polar surface area (TPSA) is 75.4 Å². The second-order valence-electron chi connectivity index (χ2n) is 5.60. The molecular formula is C12H21N3O2. The Morgan fingerprint density at radius 2 is 2.00 bits per heavy atom. The molecule has 3 N–H and O–H groups in total. The number of nitrogens with two attached hydrogens (primary N) is 1. The van der Waals surface area contributed by atoms with E-state index in [1.165, 1.54) is 0 Å². The summed E-state index contributed by atoms with van der Waals surface area (Å²) >= 11 is 0. The number of carbonyl (C=O) groups excluding carboxylic acids is 2. The van der Waals surface area contributed by atoms with Gasteiger partial charge in [0.2, 0.25) is 11.8 Å². The van der Waals surface area contributed by atoms with Crippen LogP contribution in [0.3, 0.4) is 0 Å². The van der Waals surface area contributed by atoms with Gasteiger partial charge in [0.1, 0.15) is 0 Å². The quantitative estimate of drug-likeness (QED) is 0.710. The van der Waals surface area contributed by atoms with Crippen molar-refractivity contribution in [3.8, 4) is 0 Å². The number of nitrogens with zero attached hydrogens (tertiary/aromatic N) is 1. The Labute approximate surface area is 102 Å². The summed E-state index contributed by atoms with van der Waals surface area (Å²) in [6.45, 7) is 3.54. The number of amides is 2. The molecule has 0 aromatic rings. The van der Waals surface area contributed by atoms with E-state index >= 15 is 0 Å². The fourth-order valence-electron chi connectivity index (χ4n) is 2.61. The molecule has 0 aromatic carbocycles. The molecule has 1 unspecified atom stereocenters. The van der Waals surface area contributed by atoms with Crippen LogP contribution in [0, 0.1) is 10.8 Å². The van der Waals surface area contributed by atoms with Crippen LogP contribution in [0.5, 0.6) is 0 Å². The first-order valence-electron chi connectivity index (χ1n) is 6.19. The third kappa shape index (κ3) is 1.92. The number of hydrogen-bond acceptors (Lipinski definition) is 3. The van der Waals surface area contributed by atoms with E-state index in [2.05, 4.69) is 5.32 Å². The lowest BCUT2D eigenvalue weighted by molar-refractivity contribution is -0.136. The third-order valence-corrected chi connectivity index (χ3v) is 4.23. The lowest BCUT2D eigenvalue weighted by Gasteiger charge is -2.25. The maximum Gasteiger partial charge on any atom is 0.230 e. The first kappa shape index (κ1) is 12.4. The lowest BCUT2D eigenvalue weighted by atomic mass is 9.89. The molecule has 1 heterocycles. The van der Waals surface area contributed by atoms with Crippen LogP contribution in [0.4, 0.5) is 0 Å². The average Bonchev–Trinajstić information content (AvgIpc) is 3.04. The number of likely N-dealkylation sites (tertiary alicyclic amines) is 1. The first-order chi connectivity index (χ1) is 7.97. The maximum absolute atomic E-state index is 12.3. The molecule has 1 saturated heterocycles. The Bertz CT molecular complexity index is 352. The predicted octanol–water partition coefficient (Wildman–Crippen LogP) is -0.290. The van der Waals surface area contributed by atoms with Crippen molar-refractivity contribution in [2.24, 2.45) is 16.6 Å². The molecule has 96 valence electrons. The molecule has 1 aliphatic heterocycles. The molecule has 1 aliphatic carbocycles. The minimum Gasteiger partial charge on any atom is -0.359 e. The molecule has 2 fully saturated rings. The second kappa shape index (κ2) is 3.98. The molecule has 0 radical (unpaired) electrons. The molecule has 1 saturated carbocycles. The number of nitrogens with one attached hydrogen (secondary N) is 1. The van der Waals surface area contributed by atoms with Crippen LogP contribution in [0.25, 0.3) is 0 Å². The lowest BCUT2D eigenvalue weighted by Crippen LogP contribution is -2.43. The molecule has 2 aliphatic rings. The van der Waals surface area contributed by atoms with Gasteiger partial charge in [-0.2, -0.15) is 0 Å². The monoisotopic (exact) mass is 239 g/mol. The van der Waals surface area contributed by atoms with Gasteiger partial charge in [-0.1, -0.05) is 0 Å². The largest absolute Gasteiger partial charge is 0.359 e. The molecule has 0 bridgehead atoms. The summed E-state index contributed by atoms with van der Waals surface area (Å²) in [5, 5.41) is 2.67. The summed E-state index contributed by atoms with van der Waals surface area (Å²) in [6.07, 6.45) is 2.53. The summed E-state index contributed by atoms with van der Waals surface area (Å²) in [6, 6.07) is 0. The number of hydrogen-bond donors (Lipinski definition) is 2. The summed E-state index contributed by atoms with van der Waals surface area (Å²) in [7, 11) is 1.64. The van der Waals surface area contributed by atoms with E-state index in [1.54, 1.807) is 7.05 Å². The van der Waals surface area contributed by atoms with Gasteiger partial charge in [-0.15, -0.1) is 0 Å². The van der Waals surface area contributed by atoms with Gasteiger partial charge < -0.3 is 16.0 Å². The molecule has 5 heteroatoms. The standard InChI is InChI=1S/C12H21N3O2/c1-11(9(16)14-2)5-6-15(8-11)10(17)12(7-13)3-4-12/h3-8,13H2,1-2H3,(H,14,16). The Balaban J connectivity index is 2.03. The fourth-order valence-corrected chi connectivity index (χ4v) is 2.61. The van der Waals surface area contributed by atoms with E-state index in [0.717, 1.165) is 19.3 Å². The SMILES string of the molecule is CNC(=O)C1(C)CCN(C(=O)C2(CN)CC2)C1. The van der Waals surface area contributed by atoms with Crippen molar-refractivity contribution in [3.05, 3.63) is 0 Å². The minimum atomic E-state index is -0.435. The Kier molecular flexibility index (Phi) is 2.89. The molecule has 5 nitrogen and oxygen atoms in total. The van der Waals surface area contributed by atoms with E-state index in [1.807, 2.05) is 11.8 Å². The zero-order valence-corrected chi connectivity index (χ0v) is 10.6. The summed E-state index contributed by atoms with van der Waals surface area (Å²) < 4.78 is 0. The highest BCUT2D eigenvalue weighted by molar-refractivity contribution is 5.88. The fraction of sp³-hybridized carbons (Fsp3) is 0.833. The average molecular weight is 239 g/mol. The Morgan fingerprint density at radius 1 is 1.35 bits per heavy atom. The van der Waals surface area contributed by atoms with E-state index in [9.17, 15) is 9.59 Å². The van der Waals surface area contributed by atoms with Gasteiger partial charge in [0, 0.05) is 26.7 Å². The van der Waals surface area contributed by atoms with E-state index in [0.29, 0.717) is 19.6 Å². The Hall–Kier alpha value is -1.10. The van der Waals surface area contributed by atoms with Crippen molar-refractivity contribution in [2.45, 2.75) is 26.2 Å². The van der Waals surface area contributed by atoms with Crippen LogP contribution in [0.1, 0.15) is 26.2 Å². The number of rotatable bonds is 3. The van der Waals surface area contributed by atoms with E-state index in [-0.39, 0.29) is 17.2 Å². The maximum atomic E-state index is 12.3. The molecule has 17 heavy (non-hydrogen) atoms. The van der Waals surface area contributed by atoms with Gasteiger partial charge in [0.15, 0.2) is 0 Å². The highest BCUT2D eigenvalue weighted by Crippen LogP contribution is 2.47. The van der Waals surface area contributed by atoms with Gasteiger partial charge in [-0.25, -0.2) is 0 Å². The van der Waals surface area contributed by atoms with Crippen LogP contribution >= 0.6 is 0 Å². The molecule has 2 rings (SSSR count). The smallest absolute Gasteiger partial charge is 0.230 e. The van der Waals surface area contributed by atoms with Gasteiger partial charge in [0.05, 0.1) is 10.8 Å². The molecule has 0 aromatic heterocycles. The van der Waals surface area contributed by atoms with Crippen LogP contribution in [0.2, 0.25) is 0 Å². The van der Waals surface area contributed by atoms with Gasteiger partial charge in [0.25, 0.3) is 0 Å². The highest BCUT2D eigenvalue weighted by atomic mass is 16.2. The normalized spacial score (nSPS) is 30.2. The van der Waals surface area contributed by atoms with Crippen LogP contribution < -0.4 is 11.1 Å². The van der Waals surface area contributed by atoms with Crippen LogP contribution in [-0.4, -0.2) is 43.4 Å². The molecule has 1 atom stereocenters. The summed E-state index contributed by atoms with van der Waals surface area (Å²) in [4.78, 5) is 25.9. The zero-order chi connectivity index (χ0) is 12.7. The van der Waals surface area contributed by atoms with Crippen molar-refractivity contribution in [3.63, 3.8) is 0 Å². The molecule has 0 spiro atoms. The van der Waals surface area contributed by atoms with Crippen molar-refractivity contribution in [1.82, 2.24) is 10.2 Å². The van der Waals surface area contributed by atoms with Crippen molar-refractivity contribution in [2.75, 3.05) is 26.7 Å². The number of carbonyl (C=O) groups is 2. The van der Waals surface area contributed by atoms with Crippen molar-refractivity contribution >= 4 is 11.8 Å². The van der Waals surface area contributed by atoms with Gasteiger partial charge >= 0.3 is 0 Å². The predicted molar refractivity (Wildman–Crippen MR) is 64.1 cm³/mol. The molecular weight excluding hydrogens is 218 g/mol. The third-order valence-electron chi connectivity index (χ3n) is 4.23. The minimum absolute atomic E-state index is 0.0189. The van der Waals surface area contributed by atoms with Crippen LogP contribution in [0.15, 0.2) is 0 Å². The summed E-state index contributed by atoms with van der Waals surface area (Å²) in [5.41, 5.74) is 4.93. The van der Waals surface area contributed by atoms with E-state index in [4.69, 9.17) is 5.73 Å². The second-order valence-corrected chi connectivity index (χ2v) is 5.60. The van der Waals surface area contributed by atoms with Crippen molar-refractivity contribution in [1.29, 1.82) is 0 Å². The zero-order valence-electron chi connectivity index (χ0n) is 10.6. The highest BCUT2D eigenvalue weighted by Gasteiger charge is 2.53. The van der Waals surface area contributed by atoms with Crippen LogP contribution in [-0.2, 0) is 9.59 Å². The van der Waals surface area contributed by atoms with E-state index < -0.39 is 5.41 Å². The summed E-state index contributed by atoms with van der Waals surface area (Å²) in [5.74, 6) is 0.165. The first-order valence-corrected chi connectivity index (χ1v) is 6.19. The van der Waals surface area contributed by atoms with Gasteiger partial charge in [-0.3, -0.25) is 9.59 Å². The van der Waals surface area contributed by atoms with Gasteiger partial charge in [-0.05, 0) is 26.2 Å².